The van der Waals surface area contributed by atoms with Crippen LogP contribution < -0.4 is 10.5 Å². The Morgan fingerprint density at radius 1 is 1.00 bits per heavy atom. The van der Waals surface area contributed by atoms with E-state index in [-0.39, 0.29) is 11.5 Å². The predicted octanol–water partition coefficient (Wildman–Crippen LogP) is 3.82. The summed E-state index contributed by atoms with van der Waals surface area (Å²) < 4.78 is 28.3. The molecule has 1 amide bonds. The average molecular weight is 417 g/mol. The number of amides is 1. The molecule has 0 fully saturated rings. The Labute approximate surface area is 175 Å². The molecule has 150 valence electrons. The van der Waals surface area contributed by atoms with E-state index >= 15 is 0 Å². The fourth-order valence-electron chi connectivity index (χ4n) is 3.24. The quantitative estimate of drug-likeness (QED) is 0.480. The van der Waals surface area contributed by atoms with Gasteiger partial charge in [-0.1, -0.05) is 30.3 Å². The van der Waals surface area contributed by atoms with Gasteiger partial charge in [0.05, 0.1) is 5.52 Å². The van der Waals surface area contributed by atoms with Crippen LogP contribution in [0.3, 0.4) is 0 Å². The topological polar surface area (TPSA) is 105 Å². The summed E-state index contributed by atoms with van der Waals surface area (Å²) in [6.07, 6.45) is 1.70. The molecule has 4 rings (SSSR count). The Balaban J connectivity index is 1.72. The van der Waals surface area contributed by atoms with Gasteiger partial charge in [0, 0.05) is 27.6 Å². The van der Waals surface area contributed by atoms with Crippen LogP contribution in [0.1, 0.15) is 15.9 Å². The summed E-state index contributed by atoms with van der Waals surface area (Å²) in [5, 5.41) is 0.829. The summed E-state index contributed by atoms with van der Waals surface area (Å²) in [6, 6.07) is 21.1. The monoisotopic (exact) mass is 417 g/mol. The van der Waals surface area contributed by atoms with Crippen molar-refractivity contribution in [3.05, 3.63) is 90.1 Å². The fraction of sp³-hybridized carbons (Fsp3) is 0.0435. The van der Waals surface area contributed by atoms with Gasteiger partial charge in [-0.15, -0.1) is 0 Å². The van der Waals surface area contributed by atoms with Crippen LogP contribution in [0.25, 0.3) is 22.0 Å². The minimum atomic E-state index is -2.28. The molecule has 0 spiro atoms. The summed E-state index contributed by atoms with van der Waals surface area (Å²) >= 11 is -2.28. The number of fused-ring (bicyclic) bond motifs is 1. The molecule has 0 saturated carbocycles. The molecule has 1 atom stereocenters. The maximum absolute atomic E-state index is 11.7. The van der Waals surface area contributed by atoms with Crippen LogP contribution in [0.2, 0.25) is 0 Å². The Hall–Kier alpha value is -3.55. The molecular weight excluding hydrogens is 400 g/mol. The highest BCUT2D eigenvalue weighted by Gasteiger charge is 2.11. The predicted molar refractivity (Wildman–Crippen MR) is 114 cm³/mol. The van der Waals surface area contributed by atoms with Crippen molar-refractivity contribution in [2.75, 3.05) is 0 Å². The van der Waals surface area contributed by atoms with E-state index in [1.54, 1.807) is 48.7 Å². The number of ether oxygens (including phenoxy) is 1. The molecule has 0 saturated heterocycles. The lowest BCUT2D eigenvalue weighted by Gasteiger charge is -2.14. The van der Waals surface area contributed by atoms with E-state index in [9.17, 15) is 13.6 Å². The largest absolute Gasteiger partial charge is 0.768 e. The summed E-state index contributed by atoms with van der Waals surface area (Å²) in [7, 11) is 0. The number of hydrogen-bond donors (Lipinski definition) is 1. The maximum atomic E-state index is 11.7. The number of nitrogens with two attached hydrogens (primary N) is 1. The second-order valence-electron chi connectivity index (χ2n) is 6.61. The number of nitrogens with zero attached hydrogens (tertiary/aromatic N) is 1. The fourth-order valence-corrected chi connectivity index (χ4v) is 3.59. The molecule has 0 radical (unpaired) electrons. The third-order valence-electron chi connectivity index (χ3n) is 4.73. The SMILES string of the molecule is NC(=O)c1ccccc1COc1cc(-c2ccc(S(=O)[O-])cc2)cc2ncccc12. The van der Waals surface area contributed by atoms with Crippen molar-refractivity contribution in [3.63, 3.8) is 0 Å². The molecule has 0 aliphatic rings. The average Bonchev–Trinajstić information content (AvgIpc) is 2.77. The second-order valence-corrected chi connectivity index (χ2v) is 7.55. The first kappa shape index (κ1) is 19.8. The number of primary amides is 1. The van der Waals surface area contributed by atoms with Gasteiger partial charge in [0.15, 0.2) is 0 Å². The summed E-state index contributed by atoms with van der Waals surface area (Å²) in [6.45, 7) is 0.167. The first-order valence-corrected chi connectivity index (χ1v) is 10.2. The zero-order valence-electron chi connectivity index (χ0n) is 15.8. The van der Waals surface area contributed by atoms with Gasteiger partial charge in [-0.05, 0) is 64.7 Å². The number of aromatic nitrogens is 1. The standard InChI is InChI=1S/C23H18N2O4S/c24-23(26)19-5-2-1-4-16(19)14-29-22-13-17(12-21-20(22)6-3-11-25-21)15-7-9-18(10-8-15)30(27)28/h1-13H,14H2,(H2,24,26)(H,27,28)/p-1. The van der Waals surface area contributed by atoms with Crippen LogP contribution in [0.4, 0.5) is 0 Å². The van der Waals surface area contributed by atoms with Gasteiger partial charge in [0.2, 0.25) is 5.91 Å². The van der Waals surface area contributed by atoms with E-state index in [1.165, 1.54) is 0 Å². The van der Waals surface area contributed by atoms with E-state index in [4.69, 9.17) is 10.5 Å². The molecule has 0 aliphatic carbocycles. The molecule has 6 nitrogen and oxygen atoms in total. The molecule has 2 N–H and O–H groups in total. The highest BCUT2D eigenvalue weighted by Crippen LogP contribution is 2.32. The normalized spacial score (nSPS) is 11.9. The summed E-state index contributed by atoms with van der Waals surface area (Å²) in [5.74, 6) is 0.0941. The van der Waals surface area contributed by atoms with Crippen molar-refractivity contribution in [2.24, 2.45) is 5.73 Å². The molecule has 3 aromatic carbocycles. The molecule has 1 heterocycles. The number of carbonyl (C=O) groups excluding carboxylic acids is 1. The van der Waals surface area contributed by atoms with Crippen LogP contribution in [0.15, 0.2) is 83.9 Å². The highest BCUT2D eigenvalue weighted by molar-refractivity contribution is 7.79. The molecule has 4 aromatic rings. The molecule has 1 unspecified atom stereocenters. The van der Waals surface area contributed by atoms with E-state index in [1.807, 2.05) is 30.3 Å². The third-order valence-corrected chi connectivity index (χ3v) is 5.39. The lowest BCUT2D eigenvalue weighted by molar-refractivity contribution is 0.0998. The number of benzene rings is 3. The Kier molecular flexibility index (Phi) is 5.56. The van der Waals surface area contributed by atoms with Crippen molar-refractivity contribution in [1.82, 2.24) is 4.98 Å². The Bertz CT molecular complexity index is 1260. The third kappa shape index (κ3) is 4.07. The van der Waals surface area contributed by atoms with Gasteiger partial charge >= 0.3 is 0 Å². The Morgan fingerprint density at radius 2 is 1.77 bits per heavy atom. The van der Waals surface area contributed by atoms with E-state index < -0.39 is 17.0 Å². The minimum absolute atomic E-state index is 0.167. The molecule has 0 aliphatic heterocycles. The Morgan fingerprint density at radius 3 is 2.50 bits per heavy atom. The van der Waals surface area contributed by atoms with Crippen molar-refractivity contribution in [1.29, 1.82) is 0 Å². The lowest BCUT2D eigenvalue weighted by atomic mass is 10.0. The minimum Gasteiger partial charge on any atom is -0.768 e. The van der Waals surface area contributed by atoms with E-state index in [0.29, 0.717) is 16.9 Å². The smallest absolute Gasteiger partial charge is 0.249 e. The van der Waals surface area contributed by atoms with Gasteiger partial charge in [0.1, 0.15) is 12.4 Å². The molecule has 30 heavy (non-hydrogen) atoms. The number of rotatable bonds is 6. The maximum Gasteiger partial charge on any atom is 0.249 e. The number of carbonyl (C=O) groups is 1. The van der Waals surface area contributed by atoms with Crippen molar-refractivity contribution in [3.8, 4) is 16.9 Å². The van der Waals surface area contributed by atoms with Crippen molar-refractivity contribution < 1.29 is 18.3 Å². The molecule has 0 bridgehead atoms. The van der Waals surface area contributed by atoms with Crippen molar-refractivity contribution >= 4 is 27.9 Å². The van der Waals surface area contributed by atoms with E-state index in [2.05, 4.69) is 4.98 Å². The zero-order chi connectivity index (χ0) is 21.1. The first-order valence-electron chi connectivity index (χ1n) is 9.12. The van der Waals surface area contributed by atoms with Gasteiger partial charge in [-0.2, -0.15) is 0 Å². The second kappa shape index (κ2) is 8.44. The first-order chi connectivity index (χ1) is 14.5. The van der Waals surface area contributed by atoms with Gasteiger partial charge < -0.3 is 15.0 Å². The highest BCUT2D eigenvalue weighted by atomic mass is 32.2. The number of hydrogen-bond acceptors (Lipinski definition) is 5. The van der Waals surface area contributed by atoms with Gasteiger partial charge in [-0.25, -0.2) is 0 Å². The zero-order valence-corrected chi connectivity index (χ0v) is 16.6. The summed E-state index contributed by atoms with van der Waals surface area (Å²) in [5.41, 5.74) is 8.97. The number of pyridine rings is 1. The molecule has 1 aromatic heterocycles. The lowest BCUT2D eigenvalue weighted by Crippen LogP contribution is -2.14. The van der Waals surface area contributed by atoms with Gasteiger partial charge in [0.25, 0.3) is 0 Å². The molecular formula is C23H17N2O4S-. The summed E-state index contributed by atoms with van der Waals surface area (Å²) in [4.78, 5) is 16.3. The van der Waals surface area contributed by atoms with Crippen LogP contribution in [0, 0.1) is 0 Å². The van der Waals surface area contributed by atoms with Crippen LogP contribution in [-0.4, -0.2) is 19.7 Å². The molecule has 7 heteroatoms. The van der Waals surface area contributed by atoms with Gasteiger partial charge in [-0.3, -0.25) is 14.0 Å². The van der Waals surface area contributed by atoms with E-state index in [0.717, 1.165) is 22.0 Å². The van der Waals surface area contributed by atoms with Crippen LogP contribution in [-0.2, 0) is 17.7 Å². The van der Waals surface area contributed by atoms with Crippen LogP contribution in [0.5, 0.6) is 5.75 Å². The van der Waals surface area contributed by atoms with Crippen LogP contribution >= 0.6 is 0 Å². The van der Waals surface area contributed by atoms with Crippen molar-refractivity contribution in [2.45, 2.75) is 11.5 Å².